The molecule has 1 aliphatic rings. The second-order valence-corrected chi connectivity index (χ2v) is 15.7. The highest BCUT2D eigenvalue weighted by Crippen LogP contribution is 2.32. The first-order chi connectivity index (χ1) is 20.8. The summed E-state index contributed by atoms with van der Waals surface area (Å²) in [4.78, 5) is 27.7. The Morgan fingerprint density at radius 2 is 1.68 bits per heavy atom. The molecule has 1 saturated heterocycles. The van der Waals surface area contributed by atoms with Crippen molar-refractivity contribution < 1.29 is 36.3 Å². The largest absolute Gasteiger partial charge is 0.480 e. The maximum Gasteiger partial charge on any atom is 0.326 e. The van der Waals surface area contributed by atoms with Crippen molar-refractivity contribution in [2.75, 3.05) is 32.3 Å². The number of aryl methyl sites for hydroxylation is 1. The van der Waals surface area contributed by atoms with Gasteiger partial charge in [-0.05, 0) is 66.3 Å². The molecule has 10 nitrogen and oxygen atoms in total. The Balaban J connectivity index is 1.64. The monoisotopic (exact) mass is 642 g/mol. The van der Waals surface area contributed by atoms with E-state index in [0.717, 1.165) is 22.9 Å². The van der Waals surface area contributed by atoms with Crippen molar-refractivity contribution >= 4 is 31.6 Å². The summed E-state index contributed by atoms with van der Waals surface area (Å²) in [6.45, 7) is 2.98. The minimum atomic E-state index is -3.56. The van der Waals surface area contributed by atoms with Crippen molar-refractivity contribution in [3.8, 4) is 11.1 Å². The van der Waals surface area contributed by atoms with Crippen molar-refractivity contribution in [3.05, 3.63) is 89.5 Å². The van der Waals surface area contributed by atoms with Crippen LogP contribution in [0.3, 0.4) is 0 Å². The van der Waals surface area contributed by atoms with Crippen LogP contribution >= 0.6 is 0 Å². The molecule has 12 heteroatoms. The fourth-order valence-electron chi connectivity index (χ4n) is 5.57. The molecule has 0 unspecified atom stereocenters. The van der Waals surface area contributed by atoms with Crippen molar-refractivity contribution in [1.29, 1.82) is 0 Å². The number of carboxylic acids is 1. The van der Waals surface area contributed by atoms with Gasteiger partial charge in [0, 0.05) is 38.1 Å². The topological polar surface area (TPSA) is 147 Å². The van der Waals surface area contributed by atoms with Crippen molar-refractivity contribution in [3.63, 3.8) is 0 Å². The summed E-state index contributed by atoms with van der Waals surface area (Å²) in [7, 11) is -5.40. The van der Waals surface area contributed by atoms with Crippen LogP contribution in [0.4, 0.5) is 0 Å². The summed E-state index contributed by atoms with van der Waals surface area (Å²) in [5.41, 5.74) is 3.35. The van der Waals surface area contributed by atoms with Gasteiger partial charge in [-0.1, -0.05) is 48.5 Å². The number of carboxylic acid groups (broad SMARTS) is 1. The van der Waals surface area contributed by atoms with Crippen LogP contribution in [0.1, 0.15) is 34.3 Å². The average Bonchev–Trinajstić information content (AvgIpc) is 3.38. The van der Waals surface area contributed by atoms with Crippen molar-refractivity contribution in [1.82, 2.24) is 10.2 Å². The van der Waals surface area contributed by atoms with Crippen LogP contribution in [0.2, 0.25) is 0 Å². The molecule has 0 aliphatic carbocycles. The number of nitrogens with zero attached hydrogens (tertiary/aromatic N) is 1. The number of aliphatic carboxylic acids is 1. The van der Waals surface area contributed by atoms with Gasteiger partial charge in [-0.3, -0.25) is 9.69 Å². The number of amides is 1. The lowest BCUT2D eigenvalue weighted by Crippen LogP contribution is -2.42. The van der Waals surface area contributed by atoms with Crippen LogP contribution in [0.5, 0.6) is 0 Å². The maximum atomic E-state index is 13.5. The van der Waals surface area contributed by atoms with E-state index in [9.17, 15) is 31.5 Å². The fourth-order valence-corrected chi connectivity index (χ4v) is 8.02. The van der Waals surface area contributed by atoms with Gasteiger partial charge in [0.25, 0.3) is 5.91 Å². The third-order valence-electron chi connectivity index (χ3n) is 7.89. The number of carbonyl (C=O) groups is 2. The first-order valence-corrected chi connectivity index (χ1v) is 17.8. The molecule has 3 atom stereocenters. The van der Waals surface area contributed by atoms with Gasteiger partial charge in [0.15, 0.2) is 9.84 Å². The van der Waals surface area contributed by atoms with Gasteiger partial charge < -0.3 is 15.2 Å². The van der Waals surface area contributed by atoms with Gasteiger partial charge in [-0.25, -0.2) is 21.6 Å². The molecular formula is C32H38N2O8S2. The smallest absolute Gasteiger partial charge is 0.326 e. The number of hydrogen-bond acceptors (Lipinski definition) is 8. The maximum absolute atomic E-state index is 13.5. The van der Waals surface area contributed by atoms with Crippen LogP contribution < -0.4 is 5.32 Å². The highest BCUT2D eigenvalue weighted by molar-refractivity contribution is 7.92. The zero-order valence-corrected chi connectivity index (χ0v) is 26.6. The molecule has 0 radical (unpaired) electrons. The van der Waals surface area contributed by atoms with E-state index in [0.29, 0.717) is 31.7 Å². The minimum Gasteiger partial charge on any atom is -0.480 e. The molecule has 3 aromatic rings. The second-order valence-electron chi connectivity index (χ2n) is 11.2. The third-order valence-corrected chi connectivity index (χ3v) is 11.0. The quantitative estimate of drug-likeness (QED) is 0.287. The highest BCUT2D eigenvalue weighted by Gasteiger charge is 2.40. The Labute approximate surface area is 258 Å². The first-order valence-electron chi connectivity index (χ1n) is 14.2. The third kappa shape index (κ3) is 8.12. The van der Waals surface area contributed by atoms with Crippen molar-refractivity contribution in [2.45, 2.75) is 48.5 Å². The van der Waals surface area contributed by atoms with Gasteiger partial charge in [0.2, 0.25) is 0 Å². The Bertz CT molecular complexity index is 1710. The Hall–Kier alpha value is -3.58. The number of sulfone groups is 2. The van der Waals surface area contributed by atoms with Gasteiger partial charge >= 0.3 is 5.97 Å². The minimum absolute atomic E-state index is 0.139. The van der Waals surface area contributed by atoms with E-state index in [-0.39, 0.29) is 28.7 Å². The van der Waals surface area contributed by atoms with E-state index in [1.165, 1.54) is 0 Å². The molecule has 1 aliphatic heterocycles. The normalized spacial score (nSPS) is 18.2. The number of likely N-dealkylation sites (tertiary alicyclic amines) is 1. The van der Waals surface area contributed by atoms with E-state index in [1.54, 1.807) is 49.6 Å². The van der Waals surface area contributed by atoms with E-state index in [4.69, 9.17) is 4.74 Å². The molecule has 4 rings (SSSR count). The molecule has 1 fully saturated rings. The fraction of sp³-hybridized carbons (Fsp3) is 0.375. The lowest BCUT2D eigenvalue weighted by molar-refractivity contribution is -0.139. The molecule has 0 spiro atoms. The standard InChI is InChI=1S/C32H38N2O8S2/c1-22-9-7-8-12-27(22)29-17-23(13-14-28(29)31(35)33-30(32(36)37)15-16-43(3,38)39)19-34-20-26(18-24(34)21-42-2)44(40,41)25-10-5-4-6-11-25/h4-14,17,24,26,30H,15-16,18-21H2,1-3H3,(H,33,35)(H,36,37)/t24-,26-,30-/m0/s1. The SMILES string of the molecule is COC[C@@H]1C[C@H](S(=O)(=O)c2ccccc2)CN1Cc1ccc(C(=O)N[C@@H](CCS(C)(=O)=O)C(=O)O)c(-c2ccccc2C)c1. The Morgan fingerprint density at radius 1 is 1.00 bits per heavy atom. The lowest BCUT2D eigenvalue weighted by atomic mass is 9.93. The van der Waals surface area contributed by atoms with E-state index in [2.05, 4.69) is 10.2 Å². The summed E-state index contributed by atoms with van der Waals surface area (Å²) in [5.74, 6) is -2.34. The van der Waals surface area contributed by atoms with Crippen LogP contribution in [0.15, 0.2) is 77.7 Å². The van der Waals surface area contributed by atoms with Gasteiger partial charge in [-0.2, -0.15) is 0 Å². The van der Waals surface area contributed by atoms with Gasteiger partial charge in [-0.15, -0.1) is 0 Å². The first kappa shape index (κ1) is 33.3. The predicted molar refractivity (Wildman–Crippen MR) is 168 cm³/mol. The Kier molecular flexibility index (Phi) is 10.6. The number of rotatable bonds is 13. The van der Waals surface area contributed by atoms with E-state index in [1.807, 2.05) is 37.3 Å². The predicted octanol–water partition coefficient (Wildman–Crippen LogP) is 3.34. The summed E-state index contributed by atoms with van der Waals surface area (Å²) >= 11 is 0. The molecule has 3 aromatic carbocycles. The number of benzene rings is 3. The molecule has 0 aromatic heterocycles. The molecule has 0 saturated carbocycles. The molecule has 44 heavy (non-hydrogen) atoms. The lowest BCUT2D eigenvalue weighted by Gasteiger charge is -2.24. The molecule has 1 heterocycles. The molecule has 2 N–H and O–H groups in total. The molecule has 0 bridgehead atoms. The molecule has 236 valence electrons. The van der Waals surface area contributed by atoms with E-state index >= 15 is 0 Å². The number of nitrogens with one attached hydrogen (secondary N) is 1. The summed E-state index contributed by atoms with van der Waals surface area (Å²) in [5, 5.41) is 11.5. The number of carbonyl (C=O) groups excluding carboxylic acids is 1. The van der Waals surface area contributed by atoms with Gasteiger partial charge in [0.05, 0.1) is 22.5 Å². The van der Waals surface area contributed by atoms with E-state index < -0.39 is 42.8 Å². The number of hydrogen-bond donors (Lipinski definition) is 2. The van der Waals surface area contributed by atoms with Crippen LogP contribution in [0, 0.1) is 6.92 Å². The summed E-state index contributed by atoms with van der Waals surface area (Å²) in [6, 6.07) is 19.7. The zero-order chi connectivity index (χ0) is 32.1. The van der Waals surface area contributed by atoms with Crippen LogP contribution in [0.25, 0.3) is 11.1 Å². The van der Waals surface area contributed by atoms with Crippen LogP contribution in [-0.2, 0) is 35.8 Å². The highest BCUT2D eigenvalue weighted by atomic mass is 32.2. The Morgan fingerprint density at radius 3 is 2.32 bits per heavy atom. The van der Waals surface area contributed by atoms with Crippen molar-refractivity contribution in [2.24, 2.45) is 0 Å². The summed E-state index contributed by atoms with van der Waals surface area (Å²) < 4.78 is 55.6. The second kappa shape index (κ2) is 14.0. The number of ether oxygens (including phenoxy) is 1. The number of methoxy groups -OCH3 is 1. The van der Waals surface area contributed by atoms with Crippen LogP contribution in [-0.4, -0.2) is 88.3 Å². The summed E-state index contributed by atoms with van der Waals surface area (Å²) in [6.07, 6.45) is 1.17. The zero-order valence-electron chi connectivity index (χ0n) is 25.0. The average molecular weight is 643 g/mol. The molecule has 1 amide bonds. The van der Waals surface area contributed by atoms with Gasteiger partial charge in [0.1, 0.15) is 15.9 Å². The molecular weight excluding hydrogens is 604 g/mol.